The molecule has 2 aliphatic rings. The zero-order valence-corrected chi connectivity index (χ0v) is 9.73. The number of carbonyl (C=O) groups is 2. The van der Waals surface area contributed by atoms with Crippen LogP contribution in [0.3, 0.4) is 0 Å². The Balaban J connectivity index is 0.000000845. The fraction of sp³-hybridized carbons (Fsp3) is 0.778. The first-order valence-electron chi connectivity index (χ1n) is 4.40. The molecule has 2 aliphatic carbocycles. The predicted octanol–water partition coefficient (Wildman–Crippen LogP) is -3.40. The Morgan fingerprint density at radius 3 is 2.38 bits per heavy atom. The minimum Gasteiger partial charge on any atom is -0.550 e. The molecule has 66 valence electrons. The van der Waals surface area contributed by atoms with E-state index in [0.29, 0.717) is 5.92 Å². The van der Waals surface area contributed by atoms with Crippen LogP contribution in [-0.4, -0.2) is 12.3 Å². The number of fused-ring (bicyclic) bond motifs is 2. The van der Waals surface area contributed by atoms with Gasteiger partial charge in [0.25, 0.3) is 0 Å². The molecule has 0 amide bonds. The molecule has 0 spiro atoms. The third-order valence-corrected chi connectivity index (χ3v) is 3.41. The summed E-state index contributed by atoms with van der Waals surface area (Å²) in [6, 6.07) is 0. The maximum Gasteiger partial charge on any atom is 1.00 e. The number of carbonyl (C=O) groups excluding carboxylic acids is 2. The molecule has 0 aromatic rings. The van der Waals surface area contributed by atoms with E-state index in [0.717, 1.165) is 25.5 Å². The summed E-state index contributed by atoms with van der Waals surface area (Å²) in [5.41, 5.74) is 0. The van der Waals surface area contributed by atoms with Crippen molar-refractivity contribution in [2.45, 2.75) is 19.3 Å². The average Bonchev–Trinajstić information content (AvgIpc) is 2.60. The zero-order valence-electron chi connectivity index (χ0n) is 7.73. The van der Waals surface area contributed by atoms with Crippen molar-refractivity contribution in [1.82, 2.24) is 0 Å². The van der Waals surface area contributed by atoms with Crippen LogP contribution in [0.5, 0.6) is 0 Å². The standard InChI is InChI=1S/C9H12O3.Na/c10-4-7-5-1-2-6(3-5)8(7)9(11)12;/h4-8H,1-3H2,(H,11,12);/q;+1/p-1/t5-,6+,7-,8+;/m0./s1. The van der Waals surface area contributed by atoms with Crippen molar-refractivity contribution in [2.75, 3.05) is 0 Å². The van der Waals surface area contributed by atoms with Crippen LogP contribution in [-0.2, 0) is 9.59 Å². The van der Waals surface area contributed by atoms with E-state index in [9.17, 15) is 14.7 Å². The predicted molar refractivity (Wildman–Crippen MR) is 38.9 cm³/mol. The van der Waals surface area contributed by atoms with Crippen molar-refractivity contribution < 1.29 is 44.3 Å². The van der Waals surface area contributed by atoms with Crippen molar-refractivity contribution in [3.05, 3.63) is 0 Å². The van der Waals surface area contributed by atoms with Crippen LogP contribution in [0, 0.1) is 23.7 Å². The van der Waals surface area contributed by atoms with Gasteiger partial charge in [-0.05, 0) is 31.1 Å². The van der Waals surface area contributed by atoms with Crippen LogP contribution in [0.15, 0.2) is 0 Å². The first-order chi connectivity index (χ1) is 5.74. The third-order valence-electron chi connectivity index (χ3n) is 3.41. The summed E-state index contributed by atoms with van der Waals surface area (Å²) in [6.45, 7) is 0. The molecular weight excluding hydrogens is 179 g/mol. The normalized spacial score (nSPS) is 41.2. The Kier molecular flexibility index (Phi) is 3.55. The Labute approximate surface area is 99.2 Å². The van der Waals surface area contributed by atoms with E-state index in [-0.39, 0.29) is 41.4 Å². The molecule has 0 saturated heterocycles. The summed E-state index contributed by atoms with van der Waals surface area (Å²) in [5.74, 6) is -1.22. The number of rotatable bonds is 2. The van der Waals surface area contributed by atoms with Crippen molar-refractivity contribution >= 4 is 12.3 Å². The van der Waals surface area contributed by atoms with Gasteiger partial charge >= 0.3 is 29.6 Å². The molecule has 2 fully saturated rings. The van der Waals surface area contributed by atoms with E-state index in [4.69, 9.17) is 0 Å². The Hall–Kier alpha value is 0.140. The fourth-order valence-corrected chi connectivity index (χ4v) is 2.88. The van der Waals surface area contributed by atoms with Crippen molar-refractivity contribution in [3.8, 4) is 0 Å². The van der Waals surface area contributed by atoms with Crippen molar-refractivity contribution in [3.63, 3.8) is 0 Å². The summed E-state index contributed by atoms with van der Waals surface area (Å²) < 4.78 is 0. The molecule has 4 heteroatoms. The minimum absolute atomic E-state index is 0. The molecule has 2 rings (SSSR count). The van der Waals surface area contributed by atoms with Gasteiger partial charge in [-0.3, -0.25) is 0 Å². The van der Waals surface area contributed by atoms with Gasteiger partial charge in [0.05, 0.1) is 0 Å². The van der Waals surface area contributed by atoms with Gasteiger partial charge in [0.15, 0.2) is 0 Å². The van der Waals surface area contributed by atoms with Crippen LogP contribution >= 0.6 is 0 Å². The first-order valence-corrected chi connectivity index (χ1v) is 4.40. The van der Waals surface area contributed by atoms with E-state index >= 15 is 0 Å². The van der Waals surface area contributed by atoms with Gasteiger partial charge in [-0.15, -0.1) is 0 Å². The van der Waals surface area contributed by atoms with E-state index in [2.05, 4.69) is 0 Å². The summed E-state index contributed by atoms with van der Waals surface area (Å²) >= 11 is 0. The number of hydrogen-bond acceptors (Lipinski definition) is 3. The molecule has 0 heterocycles. The first kappa shape index (κ1) is 11.2. The summed E-state index contributed by atoms with van der Waals surface area (Å²) in [4.78, 5) is 21.3. The summed E-state index contributed by atoms with van der Waals surface area (Å²) in [5, 5.41) is 10.7. The average molecular weight is 190 g/mol. The smallest absolute Gasteiger partial charge is 0.550 e. The molecule has 3 nitrogen and oxygen atoms in total. The second-order valence-corrected chi connectivity index (χ2v) is 3.89. The molecule has 0 unspecified atom stereocenters. The second-order valence-electron chi connectivity index (χ2n) is 3.89. The van der Waals surface area contributed by atoms with Crippen LogP contribution < -0.4 is 34.7 Å². The van der Waals surface area contributed by atoms with Crippen LogP contribution in [0.1, 0.15) is 19.3 Å². The molecule has 2 saturated carbocycles. The SMILES string of the molecule is O=C[C@H]1[C@H]2CC[C@H](C2)[C@H]1C(=O)[O-].[Na+]. The maximum atomic E-state index is 10.7. The number of aliphatic carboxylic acids is 1. The largest absolute Gasteiger partial charge is 1.00 e. The number of carboxylic acids is 1. The van der Waals surface area contributed by atoms with Gasteiger partial charge in [0.1, 0.15) is 6.29 Å². The Bertz CT molecular complexity index is 229. The molecule has 0 aliphatic heterocycles. The third kappa shape index (κ3) is 1.69. The van der Waals surface area contributed by atoms with Gasteiger partial charge in [0.2, 0.25) is 0 Å². The van der Waals surface area contributed by atoms with Crippen molar-refractivity contribution in [1.29, 1.82) is 0 Å². The quantitative estimate of drug-likeness (QED) is 0.337. The van der Waals surface area contributed by atoms with E-state index in [1.165, 1.54) is 0 Å². The van der Waals surface area contributed by atoms with Crippen LogP contribution in [0.4, 0.5) is 0 Å². The topological polar surface area (TPSA) is 57.2 Å². The maximum absolute atomic E-state index is 10.7. The molecule has 2 bridgehead atoms. The van der Waals surface area contributed by atoms with Gasteiger partial charge in [-0.2, -0.15) is 0 Å². The summed E-state index contributed by atoms with van der Waals surface area (Å²) in [6.07, 6.45) is 3.72. The van der Waals surface area contributed by atoms with Crippen LogP contribution in [0.2, 0.25) is 0 Å². The molecule has 4 atom stereocenters. The second kappa shape index (κ2) is 4.11. The number of aldehydes is 1. The number of carboxylic acid groups (broad SMARTS) is 1. The Morgan fingerprint density at radius 2 is 1.92 bits per heavy atom. The molecule has 0 radical (unpaired) electrons. The number of hydrogen-bond donors (Lipinski definition) is 0. The van der Waals surface area contributed by atoms with Crippen molar-refractivity contribution in [2.24, 2.45) is 23.7 Å². The molecule has 0 aromatic carbocycles. The van der Waals surface area contributed by atoms with Gasteiger partial charge in [-0.25, -0.2) is 0 Å². The minimum atomic E-state index is -1.03. The summed E-state index contributed by atoms with van der Waals surface area (Å²) in [7, 11) is 0. The van der Waals surface area contributed by atoms with E-state index in [1.54, 1.807) is 0 Å². The monoisotopic (exact) mass is 190 g/mol. The van der Waals surface area contributed by atoms with Crippen LogP contribution in [0.25, 0.3) is 0 Å². The van der Waals surface area contributed by atoms with Gasteiger partial charge < -0.3 is 14.7 Å². The zero-order chi connectivity index (χ0) is 8.72. The van der Waals surface area contributed by atoms with Gasteiger partial charge in [-0.1, -0.05) is 0 Å². The molecule has 0 N–H and O–H groups in total. The fourth-order valence-electron chi connectivity index (χ4n) is 2.88. The van der Waals surface area contributed by atoms with E-state index in [1.807, 2.05) is 0 Å². The molecular formula is C9H11NaO3. The van der Waals surface area contributed by atoms with E-state index < -0.39 is 11.9 Å². The van der Waals surface area contributed by atoms with Gasteiger partial charge in [0, 0.05) is 17.8 Å². The molecule has 0 aromatic heterocycles. The Morgan fingerprint density at radius 1 is 1.31 bits per heavy atom. The molecule has 13 heavy (non-hydrogen) atoms.